The van der Waals surface area contributed by atoms with Crippen LogP contribution < -0.4 is 0 Å². The van der Waals surface area contributed by atoms with E-state index in [1.165, 1.54) is 6.42 Å². The quantitative estimate of drug-likeness (QED) is 0.755. The molecule has 0 saturated heterocycles. The van der Waals surface area contributed by atoms with Gasteiger partial charge in [-0.1, -0.05) is 41.9 Å². The molecule has 1 aromatic heterocycles. The third kappa shape index (κ3) is 3.56. The predicted octanol–water partition coefficient (Wildman–Crippen LogP) is 4.57. The lowest BCUT2D eigenvalue weighted by molar-refractivity contribution is 0.497. The number of hydrogen-bond donors (Lipinski definition) is 0. The molecule has 2 rings (SSSR count). The lowest BCUT2D eigenvalue weighted by Gasteiger charge is -2.08. The van der Waals surface area contributed by atoms with Crippen molar-refractivity contribution in [1.82, 2.24) is 4.98 Å². The molecule has 0 aliphatic heterocycles. The fourth-order valence-corrected chi connectivity index (χ4v) is 2.35. The second-order valence-electron chi connectivity index (χ2n) is 4.85. The van der Waals surface area contributed by atoms with Crippen molar-refractivity contribution >= 4 is 27.0 Å². The molecule has 17 heavy (non-hydrogen) atoms. The van der Waals surface area contributed by atoms with Gasteiger partial charge in [-0.2, -0.15) is 0 Å². The Bertz CT molecular complexity index is 445. The van der Waals surface area contributed by atoms with Crippen LogP contribution >= 0.6 is 15.9 Å². The third-order valence-electron chi connectivity index (χ3n) is 2.79. The molecule has 0 radical (unpaired) electrons. The van der Waals surface area contributed by atoms with E-state index in [1.807, 2.05) is 24.3 Å². The van der Waals surface area contributed by atoms with E-state index in [-0.39, 0.29) is 0 Å². The van der Waals surface area contributed by atoms with Crippen molar-refractivity contribution in [2.24, 2.45) is 5.92 Å². The summed E-state index contributed by atoms with van der Waals surface area (Å²) in [5.74, 6) is 1.58. The molecule has 0 amide bonds. The SMILES string of the molecule is CC(C)CCC(Br)Cc1nc2ccccc2o1. The minimum Gasteiger partial charge on any atom is -0.441 e. The number of oxazole rings is 1. The van der Waals surface area contributed by atoms with Gasteiger partial charge in [0.15, 0.2) is 11.5 Å². The maximum absolute atomic E-state index is 5.70. The van der Waals surface area contributed by atoms with Gasteiger partial charge in [-0.25, -0.2) is 4.98 Å². The van der Waals surface area contributed by atoms with Crippen molar-refractivity contribution in [2.75, 3.05) is 0 Å². The van der Waals surface area contributed by atoms with E-state index >= 15 is 0 Å². The zero-order valence-corrected chi connectivity index (χ0v) is 11.9. The Morgan fingerprint density at radius 2 is 2.00 bits per heavy atom. The maximum Gasteiger partial charge on any atom is 0.196 e. The van der Waals surface area contributed by atoms with Gasteiger partial charge in [0.1, 0.15) is 5.52 Å². The summed E-state index contributed by atoms with van der Waals surface area (Å²) in [6, 6.07) is 7.91. The lowest BCUT2D eigenvalue weighted by atomic mass is 10.1. The normalized spacial score (nSPS) is 13.4. The third-order valence-corrected chi connectivity index (χ3v) is 3.57. The molecule has 0 aliphatic rings. The van der Waals surface area contributed by atoms with E-state index in [1.54, 1.807) is 0 Å². The summed E-state index contributed by atoms with van der Waals surface area (Å²) in [5.41, 5.74) is 1.83. The summed E-state index contributed by atoms with van der Waals surface area (Å²) in [4.78, 5) is 4.94. The Hall–Kier alpha value is -0.830. The fourth-order valence-electron chi connectivity index (χ4n) is 1.81. The van der Waals surface area contributed by atoms with E-state index in [2.05, 4.69) is 34.8 Å². The summed E-state index contributed by atoms with van der Waals surface area (Å²) in [5, 5.41) is 0. The van der Waals surface area contributed by atoms with Gasteiger partial charge in [0.05, 0.1) is 0 Å². The number of aromatic nitrogens is 1. The zero-order valence-electron chi connectivity index (χ0n) is 10.3. The zero-order chi connectivity index (χ0) is 12.3. The van der Waals surface area contributed by atoms with Gasteiger partial charge in [-0.15, -0.1) is 0 Å². The highest BCUT2D eigenvalue weighted by atomic mass is 79.9. The number of nitrogens with zero attached hydrogens (tertiary/aromatic N) is 1. The summed E-state index contributed by atoms with van der Waals surface area (Å²) < 4.78 is 5.70. The maximum atomic E-state index is 5.70. The van der Waals surface area contributed by atoms with E-state index in [9.17, 15) is 0 Å². The Labute approximate surface area is 111 Å². The number of alkyl halides is 1. The van der Waals surface area contributed by atoms with Crippen LogP contribution in [0.5, 0.6) is 0 Å². The van der Waals surface area contributed by atoms with Crippen molar-refractivity contribution in [3.63, 3.8) is 0 Å². The average molecular weight is 296 g/mol. The molecule has 0 spiro atoms. The van der Waals surface area contributed by atoms with Crippen LogP contribution in [-0.4, -0.2) is 9.81 Å². The van der Waals surface area contributed by atoms with Gasteiger partial charge >= 0.3 is 0 Å². The molecular formula is C14H18BrNO. The molecule has 1 aromatic carbocycles. The number of rotatable bonds is 5. The number of fused-ring (bicyclic) bond motifs is 1. The van der Waals surface area contributed by atoms with Gasteiger partial charge in [-0.3, -0.25) is 0 Å². The number of halogens is 1. The van der Waals surface area contributed by atoms with E-state index in [4.69, 9.17) is 4.42 Å². The van der Waals surface area contributed by atoms with Gasteiger partial charge in [0.2, 0.25) is 0 Å². The first-order chi connectivity index (χ1) is 8.15. The summed E-state index contributed by atoms with van der Waals surface area (Å²) in [6.45, 7) is 4.50. The van der Waals surface area contributed by atoms with Crippen molar-refractivity contribution in [3.05, 3.63) is 30.2 Å². The molecule has 1 unspecified atom stereocenters. The van der Waals surface area contributed by atoms with Gasteiger partial charge < -0.3 is 4.42 Å². The molecule has 3 heteroatoms. The molecule has 1 atom stereocenters. The van der Waals surface area contributed by atoms with Gasteiger partial charge in [0, 0.05) is 11.2 Å². The first-order valence-electron chi connectivity index (χ1n) is 6.13. The number of benzene rings is 1. The number of hydrogen-bond acceptors (Lipinski definition) is 2. The van der Waals surface area contributed by atoms with Crippen LogP contribution in [0.25, 0.3) is 11.1 Å². The van der Waals surface area contributed by atoms with Crippen molar-refractivity contribution in [3.8, 4) is 0 Å². The van der Waals surface area contributed by atoms with Crippen molar-refractivity contribution in [1.29, 1.82) is 0 Å². The van der Waals surface area contributed by atoms with Crippen LogP contribution in [0.4, 0.5) is 0 Å². The molecule has 0 N–H and O–H groups in total. The smallest absolute Gasteiger partial charge is 0.196 e. The van der Waals surface area contributed by atoms with Crippen LogP contribution in [0, 0.1) is 5.92 Å². The second-order valence-corrected chi connectivity index (χ2v) is 6.14. The molecular weight excluding hydrogens is 278 g/mol. The van der Waals surface area contributed by atoms with Crippen LogP contribution in [0.2, 0.25) is 0 Å². The van der Waals surface area contributed by atoms with E-state index in [0.29, 0.717) is 4.83 Å². The molecule has 2 nitrogen and oxygen atoms in total. The van der Waals surface area contributed by atoms with E-state index in [0.717, 1.165) is 35.7 Å². The monoisotopic (exact) mass is 295 g/mol. The Morgan fingerprint density at radius 3 is 2.71 bits per heavy atom. The lowest BCUT2D eigenvalue weighted by Crippen LogP contribution is -2.04. The summed E-state index contributed by atoms with van der Waals surface area (Å²) >= 11 is 3.70. The summed E-state index contributed by atoms with van der Waals surface area (Å²) in [7, 11) is 0. The molecule has 0 saturated carbocycles. The molecule has 1 heterocycles. The predicted molar refractivity (Wildman–Crippen MR) is 74.5 cm³/mol. The van der Waals surface area contributed by atoms with E-state index < -0.39 is 0 Å². The standard InChI is InChI=1S/C14H18BrNO/c1-10(2)7-8-11(15)9-14-16-12-5-3-4-6-13(12)17-14/h3-6,10-11H,7-9H2,1-2H3. The van der Waals surface area contributed by atoms with Gasteiger partial charge in [-0.05, 0) is 30.9 Å². The highest BCUT2D eigenvalue weighted by Crippen LogP contribution is 2.20. The molecule has 0 fully saturated rings. The first kappa shape index (κ1) is 12.6. The Morgan fingerprint density at radius 1 is 1.24 bits per heavy atom. The van der Waals surface area contributed by atoms with Gasteiger partial charge in [0.25, 0.3) is 0 Å². The summed E-state index contributed by atoms with van der Waals surface area (Å²) in [6.07, 6.45) is 3.26. The van der Waals surface area contributed by atoms with Crippen LogP contribution in [0.3, 0.4) is 0 Å². The Balaban J connectivity index is 1.98. The number of para-hydroxylation sites is 2. The largest absolute Gasteiger partial charge is 0.441 e. The molecule has 0 bridgehead atoms. The Kier molecular flexibility index (Phi) is 4.21. The molecule has 2 aromatic rings. The minimum absolute atomic E-state index is 0.456. The van der Waals surface area contributed by atoms with Crippen LogP contribution in [-0.2, 0) is 6.42 Å². The topological polar surface area (TPSA) is 26.0 Å². The molecule has 92 valence electrons. The minimum atomic E-state index is 0.456. The van der Waals surface area contributed by atoms with Crippen LogP contribution in [0.1, 0.15) is 32.6 Å². The fraction of sp³-hybridized carbons (Fsp3) is 0.500. The first-order valence-corrected chi connectivity index (χ1v) is 7.05. The van der Waals surface area contributed by atoms with Crippen molar-refractivity contribution in [2.45, 2.75) is 37.9 Å². The molecule has 0 aliphatic carbocycles. The second kappa shape index (κ2) is 5.67. The highest BCUT2D eigenvalue weighted by Gasteiger charge is 2.11. The van der Waals surface area contributed by atoms with Crippen LogP contribution in [0.15, 0.2) is 28.7 Å². The highest BCUT2D eigenvalue weighted by molar-refractivity contribution is 9.09. The average Bonchev–Trinajstić information content (AvgIpc) is 2.68. The van der Waals surface area contributed by atoms with Crippen molar-refractivity contribution < 1.29 is 4.42 Å².